The zero-order valence-electron chi connectivity index (χ0n) is 10.2. The van der Waals surface area contributed by atoms with Crippen molar-refractivity contribution < 1.29 is 19.4 Å². The van der Waals surface area contributed by atoms with Gasteiger partial charge in [0.1, 0.15) is 12.4 Å². The lowest BCUT2D eigenvalue weighted by Gasteiger charge is -2.27. The number of likely N-dealkylation sites (N-methyl/N-ethyl adjacent to an activating group) is 2. The van der Waals surface area contributed by atoms with Crippen molar-refractivity contribution in [1.29, 1.82) is 0 Å². The van der Waals surface area contributed by atoms with E-state index in [1.165, 1.54) is 9.80 Å². The Morgan fingerprint density at radius 3 is 2.94 bits per heavy atom. The van der Waals surface area contributed by atoms with Crippen molar-refractivity contribution in [3.05, 3.63) is 18.2 Å². The Balaban J connectivity index is 2.37. The lowest BCUT2D eigenvalue weighted by atomic mass is 10.2. The molecule has 1 heterocycles. The summed E-state index contributed by atoms with van der Waals surface area (Å²) in [5.41, 5.74) is 1.21. The fourth-order valence-electron chi connectivity index (χ4n) is 1.72. The van der Waals surface area contributed by atoms with Crippen LogP contribution in [-0.4, -0.2) is 44.2 Å². The third-order valence-electron chi connectivity index (χ3n) is 2.93. The highest BCUT2D eigenvalue weighted by Crippen LogP contribution is 2.34. The summed E-state index contributed by atoms with van der Waals surface area (Å²) in [6, 6.07) is 5.09. The molecule has 0 bridgehead atoms. The van der Waals surface area contributed by atoms with Crippen molar-refractivity contribution >= 4 is 23.2 Å². The van der Waals surface area contributed by atoms with Crippen molar-refractivity contribution in [3.8, 4) is 5.75 Å². The summed E-state index contributed by atoms with van der Waals surface area (Å²) < 4.78 is 5.28. The van der Waals surface area contributed by atoms with Gasteiger partial charge < -0.3 is 19.6 Å². The van der Waals surface area contributed by atoms with Crippen LogP contribution in [0.25, 0.3) is 0 Å². The van der Waals surface area contributed by atoms with E-state index in [1.54, 1.807) is 32.3 Å². The minimum absolute atomic E-state index is 0.0221. The first kappa shape index (κ1) is 12.4. The Hall–Kier alpha value is -2.08. The smallest absolute Gasteiger partial charge is 0.264 e. The van der Waals surface area contributed by atoms with E-state index >= 15 is 0 Å². The van der Waals surface area contributed by atoms with E-state index in [1.807, 2.05) is 0 Å². The molecule has 1 N–H and O–H groups in total. The monoisotopic (exact) mass is 250 g/mol. The second kappa shape index (κ2) is 4.66. The largest absolute Gasteiger partial charge is 0.482 e. The minimum Gasteiger partial charge on any atom is -0.482 e. The highest BCUT2D eigenvalue weighted by Gasteiger charge is 2.23. The van der Waals surface area contributed by atoms with Crippen LogP contribution in [0.3, 0.4) is 0 Å². The molecule has 6 heteroatoms. The number of amides is 2. The summed E-state index contributed by atoms with van der Waals surface area (Å²) in [7, 11) is 3.22. The first-order valence-electron chi connectivity index (χ1n) is 5.45. The van der Waals surface area contributed by atoms with Crippen LogP contribution in [-0.2, 0) is 9.59 Å². The Bertz CT molecular complexity index is 501. The van der Waals surface area contributed by atoms with E-state index in [4.69, 9.17) is 9.84 Å². The number of hydrogen-bond acceptors (Lipinski definition) is 4. The Morgan fingerprint density at radius 1 is 1.56 bits per heavy atom. The maximum atomic E-state index is 11.5. The van der Waals surface area contributed by atoms with Gasteiger partial charge in [-0.05, 0) is 18.2 Å². The highest BCUT2D eigenvalue weighted by atomic mass is 16.5. The molecule has 0 atom stereocenters. The van der Waals surface area contributed by atoms with E-state index < -0.39 is 12.5 Å². The molecule has 0 spiro atoms. The third-order valence-corrected chi connectivity index (χ3v) is 2.93. The van der Waals surface area contributed by atoms with E-state index in [0.717, 1.165) is 0 Å². The van der Waals surface area contributed by atoms with Crippen molar-refractivity contribution in [1.82, 2.24) is 0 Å². The molecule has 1 aliphatic heterocycles. The van der Waals surface area contributed by atoms with Crippen molar-refractivity contribution in [2.45, 2.75) is 0 Å². The second-order valence-electron chi connectivity index (χ2n) is 4.00. The highest BCUT2D eigenvalue weighted by molar-refractivity contribution is 5.99. The first-order chi connectivity index (χ1) is 8.54. The van der Waals surface area contributed by atoms with Gasteiger partial charge in [-0.1, -0.05) is 0 Å². The van der Waals surface area contributed by atoms with E-state index in [2.05, 4.69) is 0 Å². The van der Waals surface area contributed by atoms with Gasteiger partial charge in [-0.3, -0.25) is 9.59 Å². The molecule has 0 fully saturated rings. The van der Waals surface area contributed by atoms with Gasteiger partial charge in [-0.15, -0.1) is 0 Å². The number of rotatable bonds is 2. The van der Waals surface area contributed by atoms with Gasteiger partial charge in [0.25, 0.3) is 11.8 Å². The van der Waals surface area contributed by atoms with Gasteiger partial charge in [0.15, 0.2) is 6.61 Å². The Kier molecular flexibility index (Phi) is 3.20. The number of aliphatic hydroxyl groups is 1. The van der Waals surface area contributed by atoms with Gasteiger partial charge in [0.2, 0.25) is 0 Å². The summed E-state index contributed by atoms with van der Waals surface area (Å²) in [4.78, 5) is 25.7. The summed E-state index contributed by atoms with van der Waals surface area (Å²) in [5, 5.41) is 8.82. The van der Waals surface area contributed by atoms with Gasteiger partial charge >= 0.3 is 0 Å². The standard InChI is InChI=1S/C12H14N2O4/c1-13(11(16)6-15)8-3-4-10-9(5-8)14(2)12(17)7-18-10/h3-5,15H,6-7H2,1-2H3. The summed E-state index contributed by atoms with van der Waals surface area (Å²) in [6.07, 6.45) is 0. The quantitative estimate of drug-likeness (QED) is 0.802. The van der Waals surface area contributed by atoms with E-state index in [0.29, 0.717) is 17.1 Å². The number of hydrogen-bond donors (Lipinski definition) is 1. The molecule has 2 amide bonds. The molecule has 0 saturated heterocycles. The SMILES string of the molecule is CN(C(=O)CO)c1ccc2c(c1)N(C)C(=O)CO2. The molecule has 2 rings (SSSR count). The first-order valence-corrected chi connectivity index (χ1v) is 5.45. The average Bonchev–Trinajstić information content (AvgIpc) is 2.41. The molecule has 1 aliphatic rings. The van der Waals surface area contributed by atoms with Gasteiger partial charge in [-0.2, -0.15) is 0 Å². The molecule has 0 radical (unpaired) electrons. The predicted octanol–water partition coefficient (Wildman–Crippen LogP) is -0.00310. The topological polar surface area (TPSA) is 70.1 Å². The average molecular weight is 250 g/mol. The summed E-state index contributed by atoms with van der Waals surface area (Å²) >= 11 is 0. The summed E-state index contributed by atoms with van der Waals surface area (Å²) in [5.74, 6) is 0.0437. The van der Waals surface area contributed by atoms with Crippen molar-refractivity contribution in [2.24, 2.45) is 0 Å². The molecule has 1 aromatic carbocycles. The van der Waals surface area contributed by atoms with Gasteiger partial charge in [0.05, 0.1) is 5.69 Å². The van der Waals surface area contributed by atoms with E-state index in [-0.39, 0.29) is 12.5 Å². The number of carbonyl (C=O) groups excluding carboxylic acids is 2. The minimum atomic E-state index is -0.557. The molecular formula is C12H14N2O4. The normalized spacial score (nSPS) is 13.9. The molecular weight excluding hydrogens is 236 g/mol. The molecule has 1 aromatic rings. The Morgan fingerprint density at radius 2 is 2.28 bits per heavy atom. The predicted molar refractivity (Wildman–Crippen MR) is 65.8 cm³/mol. The molecule has 18 heavy (non-hydrogen) atoms. The molecule has 6 nitrogen and oxygen atoms in total. The lowest BCUT2D eigenvalue weighted by Crippen LogP contribution is -2.36. The van der Waals surface area contributed by atoms with Crippen LogP contribution < -0.4 is 14.5 Å². The number of ether oxygens (including phenoxy) is 1. The number of carbonyl (C=O) groups is 2. The number of anilines is 2. The van der Waals surface area contributed by atoms with Crippen LogP contribution >= 0.6 is 0 Å². The molecule has 96 valence electrons. The van der Waals surface area contributed by atoms with Crippen molar-refractivity contribution in [2.75, 3.05) is 37.1 Å². The molecule has 0 aliphatic carbocycles. The molecule has 0 saturated carbocycles. The van der Waals surface area contributed by atoms with Crippen LogP contribution in [0.4, 0.5) is 11.4 Å². The summed E-state index contributed by atoms with van der Waals surface area (Å²) in [6.45, 7) is -0.535. The number of benzene rings is 1. The second-order valence-corrected chi connectivity index (χ2v) is 4.00. The third kappa shape index (κ3) is 2.02. The van der Waals surface area contributed by atoms with Gasteiger partial charge in [0, 0.05) is 19.8 Å². The lowest BCUT2D eigenvalue weighted by molar-refractivity contribution is -0.121. The maximum absolute atomic E-state index is 11.5. The number of fused-ring (bicyclic) bond motifs is 1. The number of aliphatic hydroxyl groups excluding tert-OH is 1. The Labute approximate surface area is 104 Å². The van der Waals surface area contributed by atoms with Crippen LogP contribution in [0.2, 0.25) is 0 Å². The molecule has 0 aromatic heterocycles. The molecule has 0 unspecified atom stereocenters. The zero-order valence-corrected chi connectivity index (χ0v) is 10.2. The van der Waals surface area contributed by atoms with Crippen molar-refractivity contribution in [3.63, 3.8) is 0 Å². The van der Waals surface area contributed by atoms with Crippen LogP contribution in [0.15, 0.2) is 18.2 Å². The van der Waals surface area contributed by atoms with E-state index in [9.17, 15) is 9.59 Å². The number of nitrogens with zero attached hydrogens (tertiary/aromatic N) is 2. The van der Waals surface area contributed by atoms with Crippen LogP contribution in [0.5, 0.6) is 5.75 Å². The zero-order chi connectivity index (χ0) is 13.3. The maximum Gasteiger partial charge on any atom is 0.264 e. The van der Waals surface area contributed by atoms with Crippen LogP contribution in [0, 0.1) is 0 Å². The fourth-order valence-corrected chi connectivity index (χ4v) is 1.72. The van der Waals surface area contributed by atoms with Crippen LogP contribution in [0.1, 0.15) is 0 Å². The van der Waals surface area contributed by atoms with Gasteiger partial charge in [-0.25, -0.2) is 0 Å². The fraction of sp³-hybridized carbons (Fsp3) is 0.333.